The summed E-state index contributed by atoms with van der Waals surface area (Å²) in [5.41, 5.74) is 11.3. The van der Waals surface area contributed by atoms with Crippen LogP contribution in [0.1, 0.15) is 102 Å². The van der Waals surface area contributed by atoms with E-state index >= 15 is 8.78 Å². The number of carbonyl (C=O) groups is 2. The molecule has 3 saturated heterocycles. The SMILES string of the molecule is Cc1c(F)cc2c(c1-c1c(C(N)=O)ccc(OCCO)c1F)[C@H](C)[C@@](CNCc1cccc(N3CCC4(CC3)CC(N3CCC(c5ccc6c(N7CCC(O)NC7=O)nn(C)c6c5)CC3)C4)c1)(c1ccccc1)O2. The Morgan fingerprint density at radius 1 is 0.946 bits per heavy atom. The average Bonchev–Trinajstić information content (AvgIpc) is 3.87. The Kier molecular flexibility index (Phi) is 13.4. The number of ether oxygens (including phenoxy) is 2. The fraction of sp³-hybridized carbons (Fsp3) is 0.431. The van der Waals surface area contributed by atoms with Crippen molar-refractivity contribution in [2.45, 2.75) is 95.0 Å². The largest absolute Gasteiger partial charge is 0.488 e. The molecule has 3 atom stereocenters. The van der Waals surface area contributed by atoms with E-state index in [-0.39, 0.29) is 53.0 Å². The lowest BCUT2D eigenvalue weighted by Crippen LogP contribution is -2.56. The van der Waals surface area contributed by atoms with Crippen molar-refractivity contribution in [2.24, 2.45) is 18.2 Å². The third-order valence-electron chi connectivity index (χ3n) is 17.1. The zero-order valence-electron chi connectivity index (χ0n) is 42.4. The maximum Gasteiger partial charge on any atom is 0.325 e. The number of carbonyl (C=O) groups excluding carboxylic acids is 2. The summed E-state index contributed by atoms with van der Waals surface area (Å²) in [5.74, 6) is -1.62. The summed E-state index contributed by atoms with van der Waals surface area (Å²) in [6, 6.07) is 29.4. The van der Waals surface area contributed by atoms with Crippen molar-refractivity contribution in [3.05, 3.63) is 136 Å². The normalized spacial score (nSPS) is 22.2. The lowest BCUT2D eigenvalue weighted by Gasteiger charge is -2.56. The highest BCUT2D eigenvalue weighted by atomic mass is 19.1. The van der Waals surface area contributed by atoms with Crippen molar-refractivity contribution in [1.82, 2.24) is 25.3 Å². The zero-order chi connectivity index (χ0) is 51.5. The predicted molar refractivity (Wildman–Crippen MR) is 281 cm³/mol. The quantitative estimate of drug-likeness (QED) is 0.0715. The molecule has 5 heterocycles. The van der Waals surface area contributed by atoms with E-state index in [9.17, 15) is 19.8 Å². The summed E-state index contributed by atoms with van der Waals surface area (Å²) >= 11 is 0. The molecular formula is C58H66F2N8O6. The number of rotatable bonds is 14. The number of hydrogen-bond acceptors (Lipinski definition) is 10. The summed E-state index contributed by atoms with van der Waals surface area (Å²) < 4.78 is 46.9. The van der Waals surface area contributed by atoms with Gasteiger partial charge in [-0.3, -0.25) is 14.4 Å². The summed E-state index contributed by atoms with van der Waals surface area (Å²) in [7, 11) is 1.93. The number of urea groups is 1. The molecule has 6 N–H and O–H groups in total. The molecule has 5 aliphatic rings. The average molecular weight is 1010 g/mol. The Hall–Kier alpha value is -6.59. The van der Waals surface area contributed by atoms with Crippen LogP contribution in [0.3, 0.4) is 0 Å². The molecule has 16 heteroatoms. The molecule has 4 aliphatic heterocycles. The molecule has 11 rings (SSSR count). The van der Waals surface area contributed by atoms with Crippen molar-refractivity contribution < 1.29 is 38.1 Å². The van der Waals surface area contributed by atoms with Crippen LogP contribution in [0.2, 0.25) is 0 Å². The van der Waals surface area contributed by atoms with Gasteiger partial charge in [0.2, 0.25) is 5.91 Å². The minimum Gasteiger partial charge on any atom is -0.488 e. The number of amides is 3. The van der Waals surface area contributed by atoms with Crippen LogP contribution < -0.4 is 35.6 Å². The first kappa shape index (κ1) is 49.6. The van der Waals surface area contributed by atoms with Crippen molar-refractivity contribution in [1.29, 1.82) is 0 Å². The summed E-state index contributed by atoms with van der Waals surface area (Å²) in [6.07, 6.45) is 6.75. The number of nitrogens with zero attached hydrogens (tertiary/aromatic N) is 5. The molecule has 0 radical (unpaired) electrons. The maximum atomic E-state index is 16.6. The number of hydrogen-bond donors (Lipinski definition) is 5. The number of anilines is 2. The van der Waals surface area contributed by atoms with Gasteiger partial charge in [-0.2, -0.15) is 5.10 Å². The number of aryl methyl sites for hydroxylation is 1. The summed E-state index contributed by atoms with van der Waals surface area (Å²) in [4.78, 5) is 32.4. The number of benzene rings is 5. The fourth-order valence-electron chi connectivity index (χ4n) is 12.9. The van der Waals surface area contributed by atoms with Gasteiger partial charge in [0.15, 0.2) is 23.0 Å². The van der Waals surface area contributed by atoms with Gasteiger partial charge < -0.3 is 45.9 Å². The Morgan fingerprint density at radius 2 is 1.72 bits per heavy atom. The molecule has 0 bridgehead atoms. The number of nitrogens with two attached hydrogens (primary N) is 1. The maximum absolute atomic E-state index is 16.6. The Balaban J connectivity index is 0.717. The lowest BCUT2D eigenvalue weighted by molar-refractivity contribution is -0.0257. The van der Waals surface area contributed by atoms with Crippen LogP contribution in [0.25, 0.3) is 22.0 Å². The van der Waals surface area contributed by atoms with Crippen LogP contribution in [-0.2, 0) is 19.2 Å². The number of fused-ring (bicyclic) bond motifs is 2. The van der Waals surface area contributed by atoms with Gasteiger partial charge in [-0.05, 0) is 134 Å². The summed E-state index contributed by atoms with van der Waals surface area (Å²) in [5, 5.41) is 31.2. The Bertz CT molecular complexity index is 3090. The number of nitrogens with one attached hydrogen (secondary N) is 2. The highest BCUT2D eigenvalue weighted by molar-refractivity contribution is 6.02. The van der Waals surface area contributed by atoms with Gasteiger partial charge >= 0.3 is 6.03 Å². The van der Waals surface area contributed by atoms with Crippen LogP contribution >= 0.6 is 0 Å². The third kappa shape index (κ3) is 8.92. The van der Waals surface area contributed by atoms with E-state index in [0.29, 0.717) is 54.8 Å². The molecule has 14 nitrogen and oxygen atoms in total. The van der Waals surface area contributed by atoms with Gasteiger partial charge in [0.25, 0.3) is 0 Å². The van der Waals surface area contributed by atoms with Crippen LogP contribution in [0.5, 0.6) is 11.5 Å². The summed E-state index contributed by atoms with van der Waals surface area (Å²) in [6.45, 7) is 8.56. The number of aromatic nitrogens is 2. The van der Waals surface area contributed by atoms with E-state index in [1.54, 1.807) is 11.8 Å². The van der Waals surface area contributed by atoms with Crippen LogP contribution in [0.15, 0.2) is 91.0 Å². The zero-order valence-corrected chi connectivity index (χ0v) is 42.4. The van der Waals surface area contributed by atoms with Gasteiger partial charge in [-0.25, -0.2) is 13.6 Å². The monoisotopic (exact) mass is 1010 g/mol. The van der Waals surface area contributed by atoms with E-state index in [4.69, 9.17) is 20.3 Å². The number of aliphatic hydroxyl groups is 2. The van der Waals surface area contributed by atoms with Gasteiger partial charge in [-0.1, -0.05) is 55.5 Å². The number of halogens is 2. The molecule has 6 aromatic rings. The van der Waals surface area contributed by atoms with Gasteiger partial charge in [-0.15, -0.1) is 0 Å². The van der Waals surface area contributed by atoms with E-state index in [2.05, 4.69) is 62.9 Å². The minimum atomic E-state index is -1.04. The second kappa shape index (κ2) is 19.9. The van der Waals surface area contributed by atoms with Gasteiger partial charge in [0.05, 0.1) is 17.7 Å². The van der Waals surface area contributed by atoms with Crippen molar-refractivity contribution in [3.63, 3.8) is 0 Å². The van der Waals surface area contributed by atoms with E-state index in [1.807, 2.05) is 49.0 Å². The van der Waals surface area contributed by atoms with Crippen molar-refractivity contribution in [3.8, 4) is 22.6 Å². The molecule has 1 aliphatic carbocycles. The highest BCUT2D eigenvalue weighted by Gasteiger charge is 2.51. The molecule has 5 aromatic carbocycles. The third-order valence-corrected chi connectivity index (χ3v) is 17.1. The molecule has 1 unspecified atom stereocenters. The molecular weight excluding hydrogens is 943 g/mol. The Morgan fingerprint density at radius 3 is 2.45 bits per heavy atom. The lowest BCUT2D eigenvalue weighted by atomic mass is 9.59. The fourth-order valence-corrected chi connectivity index (χ4v) is 12.9. The topological polar surface area (TPSA) is 171 Å². The van der Waals surface area contributed by atoms with Crippen LogP contribution in [0, 0.1) is 24.0 Å². The van der Waals surface area contributed by atoms with Gasteiger partial charge in [0, 0.05) is 86.4 Å². The molecule has 388 valence electrons. The first-order valence-corrected chi connectivity index (χ1v) is 26.2. The molecule has 1 spiro atoms. The first-order chi connectivity index (χ1) is 35.8. The van der Waals surface area contributed by atoms with E-state index < -0.39 is 35.3 Å². The molecule has 1 saturated carbocycles. The molecule has 1 aromatic heterocycles. The second-order valence-corrected chi connectivity index (χ2v) is 21.3. The van der Waals surface area contributed by atoms with E-state index in [0.717, 1.165) is 61.1 Å². The predicted octanol–water partition coefficient (Wildman–Crippen LogP) is 8.34. The molecule has 3 amide bonds. The van der Waals surface area contributed by atoms with Crippen LogP contribution in [-0.4, -0.2) is 102 Å². The minimum absolute atomic E-state index is 0.116. The number of aliphatic hydroxyl groups excluding tert-OH is 2. The molecule has 4 fully saturated rings. The number of piperidine rings is 2. The first-order valence-electron chi connectivity index (χ1n) is 26.2. The van der Waals surface area contributed by atoms with Crippen molar-refractivity contribution >= 4 is 34.3 Å². The second-order valence-electron chi connectivity index (χ2n) is 21.3. The van der Waals surface area contributed by atoms with Crippen LogP contribution in [0.4, 0.5) is 25.1 Å². The van der Waals surface area contributed by atoms with Crippen molar-refractivity contribution in [2.75, 3.05) is 62.3 Å². The Labute approximate surface area is 430 Å². The van der Waals surface area contributed by atoms with E-state index in [1.165, 1.54) is 55.1 Å². The standard InChI is InChI=1S/C58H66F2N8O6/c1-35-45(59)30-48-51(50(35)52-44(54(61)71)14-15-47(53(52)60)73-27-26-69)36(2)58(74-48,40-9-5-4-6-10-40)34-62-33-37-8-7-11-41(28-37)67-24-19-57(20-25-67)31-42(32-57)66-21-16-38(17-22-66)39-12-13-43-46(29-39)65(3)64-55(43)68-23-18-49(70)63-56(68)72/h4-15,28-30,36,38,42,49,62,69-70H,16-27,31-34H2,1-3H3,(H2,61,71)(H,63,72)/t36-,49?,58-/m0/s1. The van der Waals surface area contributed by atoms with Gasteiger partial charge in [0.1, 0.15) is 24.4 Å². The number of primary amides is 1. The smallest absolute Gasteiger partial charge is 0.325 e. The molecule has 74 heavy (non-hydrogen) atoms. The highest BCUT2D eigenvalue weighted by Crippen LogP contribution is 2.56. The number of likely N-dealkylation sites (tertiary alicyclic amines) is 1.